The first kappa shape index (κ1) is 10.4. The fraction of sp³-hybridized carbons (Fsp3) is 1.00. The topological polar surface area (TPSA) is 38.5 Å². The van der Waals surface area contributed by atoms with Crippen molar-refractivity contribution in [1.82, 2.24) is 4.90 Å². The molecule has 3 heteroatoms. The lowest BCUT2D eigenvalue weighted by atomic mass is 9.99. The molecule has 2 saturated heterocycles. The highest BCUT2D eigenvalue weighted by Gasteiger charge is 2.28. The normalized spacial score (nSPS) is 31.1. The average molecular weight is 198 g/mol. The second-order valence-electron chi connectivity index (χ2n) is 4.63. The zero-order valence-corrected chi connectivity index (χ0v) is 8.95. The summed E-state index contributed by atoms with van der Waals surface area (Å²) in [6.45, 7) is 5.28. The summed E-state index contributed by atoms with van der Waals surface area (Å²) in [5.41, 5.74) is 5.64. The van der Waals surface area contributed by atoms with E-state index in [2.05, 4.69) is 4.90 Å². The van der Waals surface area contributed by atoms with Crippen molar-refractivity contribution in [2.45, 2.75) is 31.7 Å². The lowest BCUT2D eigenvalue weighted by molar-refractivity contribution is -0.0671. The fourth-order valence-corrected chi connectivity index (χ4v) is 2.50. The van der Waals surface area contributed by atoms with Crippen LogP contribution in [0.15, 0.2) is 0 Å². The highest BCUT2D eigenvalue weighted by Crippen LogP contribution is 2.22. The number of nitrogens with zero attached hydrogens (tertiary/aromatic N) is 1. The number of rotatable bonds is 3. The van der Waals surface area contributed by atoms with Crippen LogP contribution < -0.4 is 5.73 Å². The van der Waals surface area contributed by atoms with Gasteiger partial charge >= 0.3 is 0 Å². The molecule has 0 aromatic rings. The summed E-state index contributed by atoms with van der Waals surface area (Å²) in [5, 5.41) is 0. The molecule has 2 N–H and O–H groups in total. The first-order valence-electron chi connectivity index (χ1n) is 5.92. The van der Waals surface area contributed by atoms with Crippen molar-refractivity contribution in [3.05, 3.63) is 0 Å². The van der Waals surface area contributed by atoms with Gasteiger partial charge in [-0.15, -0.1) is 0 Å². The molecule has 2 aliphatic rings. The van der Waals surface area contributed by atoms with Crippen LogP contribution in [0.25, 0.3) is 0 Å². The van der Waals surface area contributed by atoms with Crippen LogP contribution in [-0.2, 0) is 4.74 Å². The minimum absolute atomic E-state index is 0.716. The first-order chi connectivity index (χ1) is 6.90. The molecule has 1 unspecified atom stereocenters. The molecule has 2 rings (SSSR count). The van der Waals surface area contributed by atoms with E-state index in [1.807, 2.05) is 0 Å². The number of ether oxygens (including phenoxy) is 1. The molecular formula is C11H22N2O. The van der Waals surface area contributed by atoms with Gasteiger partial charge in [-0.1, -0.05) is 6.42 Å². The maximum atomic E-state index is 5.64. The van der Waals surface area contributed by atoms with E-state index >= 15 is 0 Å². The van der Waals surface area contributed by atoms with Gasteiger partial charge in [0.25, 0.3) is 0 Å². The summed E-state index contributed by atoms with van der Waals surface area (Å²) in [6, 6.07) is 0.716. The third-order valence-electron chi connectivity index (χ3n) is 3.51. The van der Waals surface area contributed by atoms with E-state index in [0.717, 1.165) is 25.7 Å². The Kier molecular flexibility index (Phi) is 3.79. The Labute approximate surface area is 86.6 Å². The van der Waals surface area contributed by atoms with Crippen molar-refractivity contribution in [1.29, 1.82) is 0 Å². The van der Waals surface area contributed by atoms with Crippen LogP contribution in [0.1, 0.15) is 25.7 Å². The third-order valence-corrected chi connectivity index (χ3v) is 3.51. The Morgan fingerprint density at radius 2 is 2.14 bits per heavy atom. The Morgan fingerprint density at radius 3 is 2.79 bits per heavy atom. The first-order valence-corrected chi connectivity index (χ1v) is 5.92. The van der Waals surface area contributed by atoms with Crippen molar-refractivity contribution in [2.24, 2.45) is 11.7 Å². The molecule has 14 heavy (non-hydrogen) atoms. The Balaban J connectivity index is 1.83. The molecule has 0 aliphatic carbocycles. The van der Waals surface area contributed by atoms with Crippen LogP contribution in [0, 0.1) is 5.92 Å². The Morgan fingerprint density at radius 1 is 1.29 bits per heavy atom. The highest BCUT2D eigenvalue weighted by molar-refractivity contribution is 4.81. The predicted molar refractivity (Wildman–Crippen MR) is 57.2 cm³/mol. The molecule has 0 radical (unpaired) electrons. The molecule has 0 spiro atoms. The lowest BCUT2D eigenvalue weighted by Crippen LogP contribution is -2.50. The Hall–Kier alpha value is -0.120. The van der Waals surface area contributed by atoms with Crippen molar-refractivity contribution >= 4 is 0 Å². The summed E-state index contributed by atoms with van der Waals surface area (Å²) in [5.74, 6) is 0.836. The number of nitrogens with two attached hydrogens (primary N) is 1. The molecule has 0 amide bonds. The summed E-state index contributed by atoms with van der Waals surface area (Å²) in [7, 11) is 0. The van der Waals surface area contributed by atoms with Gasteiger partial charge in [-0.05, 0) is 38.3 Å². The standard InChI is InChI=1S/C11H22N2O/c12-5-4-10-3-1-2-6-13(7-10)11-8-14-9-11/h10-11H,1-9,12H2. The molecule has 2 heterocycles. The van der Waals surface area contributed by atoms with E-state index < -0.39 is 0 Å². The van der Waals surface area contributed by atoms with Crippen LogP contribution in [-0.4, -0.2) is 43.8 Å². The molecule has 0 aromatic carbocycles. The van der Waals surface area contributed by atoms with Gasteiger partial charge in [0, 0.05) is 6.54 Å². The summed E-state index contributed by atoms with van der Waals surface area (Å²) in [4.78, 5) is 2.62. The summed E-state index contributed by atoms with van der Waals surface area (Å²) >= 11 is 0. The van der Waals surface area contributed by atoms with Gasteiger partial charge in [0.2, 0.25) is 0 Å². The summed E-state index contributed by atoms with van der Waals surface area (Å²) in [6.07, 6.45) is 5.32. The van der Waals surface area contributed by atoms with E-state index in [1.54, 1.807) is 0 Å². The molecule has 2 fully saturated rings. The van der Waals surface area contributed by atoms with Crippen LogP contribution >= 0.6 is 0 Å². The summed E-state index contributed by atoms with van der Waals surface area (Å²) < 4.78 is 5.26. The highest BCUT2D eigenvalue weighted by atomic mass is 16.5. The molecule has 1 atom stereocenters. The second-order valence-corrected chi connectivity index (χ2v) is 4.63. The molecule has 0 bridgehead atoms. The number of hydrogen-bond acceptors (Lipinski definition) is 3. The van der Waals surface area contributed by atoms with E-state index in [0.29, 0.717) is 6.04 Å². The van der Waals surface area contributed by atoms with Gasteiger partial charge in [0.1, 0.15) is 0 Å². The molecule has 82 valence electrons. The zero-order chi connectivity index (χ0) is 9.80. The average Bonchev–Trinajstić information content (AvgIpc) is 2.28. The van der Waals surface area contributed by atoms with Crippen molar-refractivity contribution < 1.29 is 4.74 Å². The molecule has 0 saturated carbocycles. The maximum absolute atomic E-state index is 5.64. The predicted octanol–water partition coefficient (Wildman–Crippen LogP) is 0.836. The molecule has 0 aromatic heterocycles. The molecular weight excluding hydrogens is 176 g/mol. The largest absolute Gasteiger partial charge is 0.378 e. The van der Waals surface area contributed by atoms with E-state index in [4.69, 9.17) is 10.5 Å². The van der Waals surface area contributed by atoms with Crippen LogP contribution in [0.5, 0.6) is 0 Å². The quantitative estimate of drug-likeness (QED) is 0.730. The van der Waals surface area contributed by atoms with Crippen molar-refractivity contribution in [3.63, 3.8) is 0 Å². The van der Waals surface area contributed by atoms with Gasteiger partial charge in [-0.25, -0.2) is 0 Å². The van der Waals surface area contributed by atoms with Crippen LogP contribution in [0.2, 0.25) is 0 Å². The zero-order valence-electron chi connectivity index (χ0n) is 8.95. The lowest BCUT2D eigenvalue weighted by Gasteiger charge is -2.37. The van der Waals surface area contributed by atoms with E-state index in [-0.39, 0.29) is 0 Å². The maximum Gasteiger partial charge on any atom is 0.0645 e. The number of hydrogen-bond donors (Lipinski definition) is 1. The van der Waals surface area contributed by atoms with Crippen LogP contribution in [0.4, 0.5) is 0 Å². The fourth-order valence-electron chi connectivity index (χ4n) is 2.50. The Bertz CT molecular complexity index is 171. The third kappa shape index (κ3) is 2.47. The van der Waals surface area contributed by atoms with E-state index in [1.165, 1.54) is 38.8 Å². The van der Waals surface area contributed by atoms with Gasteiger partial charge in [-0.2, -0.15) is 0 Å². The van der Waals surface area contributed by atoms with Gasteiger partial charge in [-0.3, -0.25) is 4.90 Å². The molecule has 3 nitrogen and oxygen atoms in total. The minimum atomic E-state index is 0.716. The minimum Gasteiger partial charge on any atom is -0.378 e. The molecule has 2 aliphatic heterocycles. The number of likely N-dealkylation sites (tertiary alicyclic amines) is 1. The van der Waals surface area contributed by atoms with Crippen molar-refractivity contribution in [2.75, 3.05) is 32.8 Å². The van der Waals surface area contributed by atoms with Gasteiger partial charge in [0.15, 0.2) is 0 Å². The van der Waals surface area contributed by atoms with Crippen molar-refractivity contribution in [3.8, 4) is 0 Å². The van der Waals surface area contributed by atoms with Gasteiger partial charge in [0.05, 0.1) is 19.3 Å². The second kappa shape index (κ2) is 5.10. The van der Waals surface area contributed by atoms with Crippen LogP contribution in [0.3, 0.4) is 0 Å². The van der Waals surface area contributed by atoms with Gasteiger partial charge < -0.3 is 10.5 Å². The monoisotopic (exact) mass is 198 g/mol. The SMILES string of the molecule is NCCC1CCCCN(C2COC2)C1. The van der Waals surface area contributed by atoms with E-state index in [9.17, 15) is 0 Å². The smallest absolute Gasteiger partial charge is 0.0645 e.